The molecule has 2 aromatic carbocycles. The van der Waals surface area contributed by atoms with Crippen molar-refractivity contribution in [3.8, 4) is 0 Å². The second kappa shape index (κ2) is 9.47. The molecule has 34 heavy (non-hydrogen) atoms. The summed E-state index contributed by atoms with van der Waals surface area (Å²) in [7, 11) is -1.16. The van der Waals surface area contributed by atoms with E-state index in [0.717, 1.165) is 36.1 Å². The topological polar surface area (TPSA) is 70.1 Å². The van der Waals surface area contributed by atoms with E-state index in [1.165, 1.54) is 5.57 Å². The summed E-state index contributed by atoms with van der Waals surface area (Å²) in [5.74, 6) is 0.402. The summed E-state index contributed by atoms with van der Waals surface area (Å²) < 4.78 is 23.9. The van der Waals surface area contributed by atoms with Gasteiger partial charge in [-0.15, -0.1) is 0 Å². The van der Waals surface area contributed by atoms with Crippen molar-refractivity contribution in [1.82, 2.24) is 9.91 Å². The van der Waals surface area contributed by atoms with Gasteiger partial charge in [0.25, 0.3) is 5.91 Å². The minimum absolute atomic E-state index is 0.0818. The van der Waals surface area contributed by atoms with Gasteiger partial charge >= 0.3 is 0 Å². The van der Waals surface area contributed by atoms with Crippen molar-refractivity contribution < 1.29 is 13.2 Å². The first kappa shape index (κ1) is 23.0. The number of hydrazone groups is 1. The maximum atomic E-state index is 13.6. The van der Waals surface area contributed by atoms with Gasteiger partial charge in [-0.25, -0.2) is 13.4 Å². The van der Waals surface area contributed by atoms with E-state index in [4.69, 9.17) is 5.10 Å². The molecule has 178 valence electrons. The Morgan fingerprint density at radius 3 is 2.47 bits per heavy atom. The number of sulfone groups is 1. The highest BCUT2D eigenvalue weighted by Gasteiger charge is 2.44. The van der Waals surface area contributed by atoms with Gasteiger partial charge < -0.3 is 0 Å². The van der Waals surface area contributed by atoms with Crippen LogP contribution in [0.3, 0.4) is 0 Å². The Morgan fingerprint density at radius 1 is 1.09 bits per heavy atom. The Morgan fingerprint density at radius 2 is 1.79 bits per heavy atom. The van der Waals surface area contributed by atoms with Gasteiger partial charge in [0.05, 0.1) is 29.8 Å². The fraction of sp³-hybridized carbons (Fsp3) is 0.407. The number of nitrogens with zero attached hydrogens (tertiary/aromatic N) is 3. The third-order valence-corrected chi connectivity index (χ3v) is 9.01. The minimum atomic E-state index is -3.00. The van der Waals surface area contributed by atoms with Crippen LogP contribution in [0.2, 0.25) is 0 Å². The van der Waals surface area contributed by atoms with Crippen LogP contribution in [-0.4, -0.2) is 61.1 Å². The maximum absolute atomic E-state index is 13.6. The number of amides is 1. The first-order chi connectivity index (χ1) is 16.4. The highest BCUT2D eigenvalue weighted by molar-refractivity contribution is 7.91. The molecule has 3 aliphatic rings. The lowest BCUT2D eigenvalue weighted by atomic mass is 9.77. The molecule has 0 N–H and O–H groups in total. The molecule has 1 saturated heterocycles. The van der Waals surface area contributed by atoms with E-state index in [-0.39, 0.29) is 42.0 Å². The van der Waals surface area contributed by atoms with Crippen molar-refractivity contribution in [2.24, 2.45) is 11.0 Å². The van der Waals surface area contributed by atoms with Gasteiger partial charge in [-0.1, -0.05) is 60.7 Å². The molecule has 3 atom stereocenters. The highest BCUT2D eigenvalue weighted by atomic mass is 32.2. The highest BCUT2D eigenvalue weighted by Crippen LogP contribution is 2.44. The quantitative estimate of drug-likeness (QED) is 0.654. The van der Waals surface area contributed by atoms with Crippen molar-refractivity contribution >= 4 is 27.5 Å². The number of allylic oxidation sites excluding steroid dienone is 1. The fourth-order valence-corrected chi connectivity index (χ4v) is 7.28. The average molecular weight is 478 g/mol. The predicted octanol–water partition coefficient (Wildman–Crippen LogP) is 3.93. The van der Waals surface area contributed by atoms with E-state index in [9.17, 15) is 13.2 Å². The zero-order chi connectivity index (χ0) is 23.7. The van der Waals surface area contributed by atoms with Gasteiger partial charge in [-0.3, -0.25) is 9.69 Å². The Hall–Kier alpha value is -2.77. The van der Waals surface area contributed by atoms with Gasteiger partial charge in [-0.2, -0.15) is 5.10 Å². The number of hydrogen-bond donors (Lipinski definition) is 0. The largest absolute Gasteiger partial charge is 0.293 e. The second-order valence-corrected chi connectivity index (χ2v) is 11.9. The van der Waals surface area contributed by atoms with Crippen LogP contribution in [0.15, 0.2) is 71.3 Å². The summed E-state index contributed by atoms with van der Waals surface area (Å²) in [6.45, 7) is 0.157. The summed E-state index contributed by atoms with van der Waals surface area (Å²) in [6, 6.07) is 20.2. The van der Waals surface area contributed by atoms with E-state index in [0.29, 0.717) is 6.42 Å². The Kier molecular flexibility index (Phi) is 6.40. The van der Waals surface area contributed by atoms with E-state index in [1.54, 1.807) is 5.01 Å². The van der Waals surface area contributed by atoms with E-state index in [1.807, 2.05) is 48.3 Å². The first-order valence-corrected chi connectivity index (χ1v) is 13.9. The number of benzene rings is 2. The van der Waals surface area contributed by atoms with Crippen molar-refractivity contribution in [1.29, 1.82) is 0 Å². The Labute approximate surface area is 201 Å². The van der Waals surface area contributed by atoms with Gasteiger partial charge in [0, 0.05) is 12.0 Å². The van der Waals surface area contributed by atoms with E-state index < -0.39 is 9.84 Å². The molecule has 0 radical (unpaired) electrons. The number of fused-ring (bicyclic) bond motifs is 1. The lowest BCUT2D eigenvalue weighted by molar-refractivity contribution is -0.135. The summed E-state index contributed by atoms with van der Waals surface area (Å²) >= 11 is 0. The Bertz CT molecular complexity index is 1210. The number of carbonyl (C=O) groups excluding carboxylic acids is 1. The molecule has 0 unspecified atom stereocenters. The monoisotopic (exact) mass is 477 g/mol. The van der Waals surface area contributed by atoms with Gasteiger partial charge in [-0.05, 0) is 55.5 Å². The molecule has 1 aliphatic carbocycles. The van der Waals surface area contributed by atoms with E-state index in [2.05, 4.69) is 30.3 Å². The molecule has 0 bridgehead atoms. The van der Waals surface area contributed by atoms with Crippen LogP contribution in [0, 0.1) is 5.92 Å². The van der Waals surface area contributed by atoms with Crippen molar-refractivity contribution in [3.63, 3.8) is 0 Å². The molecular weight excluding hydrogens is 446 g/mol. The molecule has 2 aromatic rings. The molecule has 2 heterocycles. The molecule has 1 saturated carbocycles. The zero-order valence-corrected chi connectivity index (χ0v) is 20.3. The van der Waals surface area contributed by atoms with Crippen LogP contribution in [0.25, 0.3) is 6.08 Å². The zero-order valence-electron chi connectivity index (χ0n) is 19.5. The number of likely N-dealkylation sites (N-methyl/N-ethyl adjacent to an activating group) is 1. The number of carbonyl (C=O) groups is 1. The third kappa shape index (κ3) is 4.72. The molecule has 6 nitrogen and oxygen atoms in total. The number of rotatable bonds is 5. The van der Waals surface area contributed by atoms with Crippen molar-refractivity contribution in [2.75, 3.05) is 25.1 Å². The second-order valence-electron chi connectivity index (χ2n) is 9.63. The summed E-state index contributed by atoms with van der Waals surface area (Å²) in [6.07, 6.45) is 5.79. The normalized spacial score (nSPS) is 27.1. The molecule has 1 amide bonds. The van der Waals surface area contributed by atoms with Crippen molar-refractivity contribution in [3.05, 3.63) is 77.4 Å². The fourth-order valence-electron chi connectivity index (χ4n) is 5.48. The Balaban J connectivity index is 1.45. The molecule has 7 heteroatoms. The third-order valence-electron chi connectivity index (χ3n) is 7.26. The van der Waals surface area contributed by atoms with Crippen LogP contribution in [0.4, 0.5) is 0 Å². The standard InChI is InChI=1S/C27H31N3O3S/c1-29(23-15-16-34(32,33)19-23)18-25(31)30-27(21-11-6-3-7-12-21)24-14-8-13-22(26(24)28-30)17-20-9-4-2-5-10-20/h2-7,9-12,17,23-24,27H,8,13-16,18-19H2,1H3/b22-17+/t23-,24+,27+/m1/s1. The van der Waals surface area contributed by atoms with Crippen LogP contribution >= 0.6 is 0 Å². The van der Waals surface area contributed by atoms with Crippen LogP contribution in [0.5, 0.6) is 0 Å². The van der Waals surface area contributed by atoms with Gasteiger partial charge in [0.1, 0.15) is 0 Å². The molecule has 2 fully saturated rings. The smallest absolute Gasteiger partial charge is 0.257 e. The van der Waals surface area contributed by atoms with Gasteiger partial charge in [0.15, 0.2) is 9.84 Å². The molecular formula is C27H31N3O3S. The summed E-state index contributed by atoms with van der Waals surface area (Å²) in [4.78, 5) is 15.5. The molecule has 2 aliphatic heterocycles. The van der Waals surface area contributed by atoms with Gasteiger partial charge in [0.2, 0.25) is 0 Å². The lowest BCUT2D eigenvalue weighted by Crippen LogP contribution is -2.42. The van der Waals surface area contributed by atoms with Crippen molar-refractivity contribution in [2.45, 2.75) is 37.8 Å². The molecule has 5 rings (SSSR count). The minimum Gasteiger partial charge on any atom is -0.293 e. The van der Waals surface area contributed by atoms with Crippen LogP contribution in [0.1, 0.15) is 42.9 Å². The average Bonchev–Trinajstić information content (AvgIpc) is 3.41. The summed E-state index contributed by atoms with van der Waals surface area (Å²) in [5, 5.41) is 6.62. The predicted molar refractivity (Wildman–Crippen MR) is 135 cm³/mol. The van der Waals surface area contributed by atoms with Crippen LogP contribution < -0.4 is 0 Å². The number of hydrogen-bond acceptors (Lipinski definition) is 5. The summed E-state index contributed by atoms with van der Waals surface area (Å²) in [5.41, 5.74) is 4.45. The maximum Gasteiger partial charge on any atom is 0.257 e. The van der Waals surface area contributed by atoms with E-state index >= 15 is 0 Å². The SMILES string of the molecule is CN(CC(=O)N1N=C2/C(=C/c3ccccc3)CCC[C@@H]2[C@@H]1c1ccccc1)[C@@H]1CCS(=O)(=O)C1. The lowest BCUT2D eigenvalue weighted by Gasteiger charge is -2.31. The van der Waals surface area contributed by atoms with Crippen LogP contribution in [-0.2, 0) is 14.6 Å². The molecule has 0 spiro atoms. The first-order valence-electron chi connectivity index (χ1n) is 12.0. The molecule has 0 aromatic heterocycles.